The van der Waals surface area contributed by atoms with Gasteiger partial charge in [-0.25, -0.2) is 9.97 Å². The summed E-state index contributed by atoms with van der Waals surface area (Å²) in [5, 5.41) is 8.24. The van der Waals surface area contributed by atoms with Crippen molar-refractivity contribution < 1.29 is 26.3 Å². The van der Waals surface area contributed by atoms with E-state index in [-0.39, 0.29) is 6.07 Å². The van der Waals surface area contributed by atoms with Gasteiger partial charge in [0.15, 0.2) is 0 Å². The first-order valence-corrected chi connectivity index (χ1v) is 3.58. The monoisotopic (exact) mass is 241 g/mol. The Morgan fingerprint density at radius 1 is 1.00 bits per heavy atom. The summed E-state index contributed by atoms with van der Waals surface area (Å²) < 4.78 is 72.5. The largest absolute Gasteiger partial charge is 0.451 e. The van der Waals surface area contributed by atoms with Gasteiger partial charge in [0.25, 0.3) is 0 Å². The molecule has 1 aromatic rings. The van der Waals surface area contributed by atoms with Crippen LogP contribution in [0.4, 0.5) is 26.3 Å². The first-order valence-electron chi connectivity index (χ1n) is 3.58. The number of hydrogen-bond donors (Lipinski definition) is 0. The van der Waals surface area contributed by atoms with Crippen LogP contribution in [0.15, 0.2) is 6.07 Å². The van der Waals surface area contributed by atoms with Gasteiger partial charge in [-0.2, -0.15) is 31.6 Å². The molecule has 1 heterocycles. The Labute approximate surface area is 84.4 Å². The van der Waals surface area contributed by atoms with Crippen molar-refractivity contribution in [3.05, 3.63) is 23.3 Å². The quantitative estimate of drug-likeness (QED) is 0.655. The second-order valence-electron chi connectivity index (χ2n) is 2.57. The number of aromatic nitrogens is 2. The Kier molecular flexibility index (Phi) is 2.77. The van der Waals surface area contributed by atoms with Crippen LogP contribution >= 0.6 is 0 Å². The Hall–Kier alpha value is -1.85. The van der Waals surface area contributed by atoms with Gasteiger partial charge in [0.1, 0.15) is 17.5 Å². The predicted octanol–water partition coefficient (Wildman–Crippen LogP) is 2.39. The first-order chi connectivity index (χ1) is 7.14. The molecule has 0 unspecified atom stereocenters. The summed E-state index contributed by atoms with van der Waals surface area (Å²) in [6, 6.07) is 1.25. The van der Waals surface area contributed by atoms with E-state index in [0.29, 0.717) is 0 Å². The van der Waals surface area contributed by atoms with E-state index in [1.165, 1.54) is 0 Å². The van der Waals surface area contributed by atoms with E-state index in [1.807, 2.05) is 0 Å². The molecule has 0 fully saturated rings. The molecule has 0 atom stereocenters. The number of halogens is 6. The second-order valence-corrected chi connectivity index (χ2v) is 2.57. The molecule has 16 heavy (non-hydrogen) atoms. The van der Waals surface area contributed by atoms with Gasteiger partial charge in [0, 0.05) is 6.07 Å². The molecular formula is C7HF6N3. The van der Waals surface area contributed by atoms with Crippen molar-refractivity contribution in [2.45, 2.75) is 12.4 Å². The summed E-state index contributed by atoms with van der Waals surface area (Å²) in [4.78, 5) is 4.95. The topological polar surface area (TPSA) is 49.6 Å². The fourth-order valence-electron chi connectivity index (χ4n) is 0.777. The molecule has 0 spiro atoms. The van der Waals surface area contributed by atoms with Gasteiger partial charge in [-0.1, -0.05) is 0 Å². The molecule has 0 aliphatic heterocycles. The molecule has 1 aromatic heterocycles. The smallest absolute Gasteiger partial charge is 0.220 e. The maximum atomic E-state index is 12.1. The molecule has 0 aromatic carbocycles. The van der Waals surface area contributed by atoms with Crippen LogP contribution in [0.5, 0.6) is 0 Å². The highest BCUT2D eigenvalue weighted by atomic mass is 19.4. The Balaban J connectivity index is 3.41. The van der Waals surface area contributed by atoms with Crippen molar-refractivity contribution in [3.63, 3.8) is 0 Å². The predicted molar refractivity (Wildman–Crippen MR) is 36.8 cm³/mol. The van der Waals surface area contributed by atoms with Crippen molar-refractivity contribution in [3.8, 4) is 6.07 Å². The molecule has 0 bridgehead atoms. The van der Waals surface area contributed by atoms with E-state index in [1.54, 1.807) is 0 Å². The standard InChI is InChI=1S/C7HF6N3/c8-6(9,10)4-1-3(2-14)15-5(16-4)7(11,12)13/h1H. The minimum absolute atomic E-state index is 0.148. The molecule has 0 aliphatic carbocycles. The zero-order chi connectivity index (χ0) is 12.6. The number of nitrogens with zero attached hydrogens (tertiary/aromatic N) is 3. The van der Waals surface area contributed by atoms with Crippen LogP contribution in [0.25, 0.3) is 0 Å². The van der Waals surface area contributed by atoms with Crippen molar-refractivity contribution in [1.82, 2.24) is 9.97 Å². The minimum atomic E-state index is -5.13. The Morgan fingerprint density at radius 2 is 1.56 bits per heavy atom. The van der Waals surface area contributed by atoms with Crippen LogP contribution < -0.4 is 0 Å². The molecule has 1 rings (SSSR count). The molecular weight excluding hydrogens is 240 g/mol. The highest BCUT2D eigenvalue weighted by Gasteiger charge is 2.40. The molecule has 86 valence electrons. The lowest BCUT2D eigenvalue weighted by Crippen LogP contribution is -2.17. The van der Waals surface area contributed by atoms with Gasteiger partial charge in [0.2, 0.25) is 5.82 Å². The van der Waals surface area contributed by atoms with E-state index in [0.717, 1.165) is 6.07 Å². The van der Waals surface area contributed by atoms with Gasteiger partial charge >= 0.3 is 12.4 Å². The van der Waals surface area contributed by atoms with Crippen LogP contribution in [0, 0.1) is 11.3 Å². The first kappa shape index (κ1) is 12.2. The molecule has 9 heteroatoms. The zero-order valence-corrected chi connectivity index (χ0v) is 7.19. The zero-order valence-electron chi connectivity index (χ0n) is 7.19. The van der Waals surface area contributed by atoms with Gasteiger partial charge in [-0.15, -0.1) is 0 Å². The third-order valence-electron chi connectivity index (χ3n) is 1.38. The van der Waals surface area contributed by atoms with Crippen LogP contribution in [0.1, 0.15) is 17.2 Å². The van der Waals surface area contributed by atoms with Gasteiger partial charge < -0.3 is 0 Å². The minimum Gasteiger partial charge on any atom is -0.220 e. The van der Waals surface area contributed by atoms with Gasteiger partial charge in [0.05, 0.1) is 0 Å². The number of nitriles is 1. The lowest BCUT2D eigenvalue weighted by Gasteiger charge is -2.09. The third kappa shape index (κ3) is 2.59. The fourth-order valence-corrected chi connectivity index (χ4v) is 0.777. The summed E-state index contributed by atoms with van der Waals surface area (Å²) in [7, 11) is 0. The van der Waals surface area contributed by atoms with E-state index in [9.17, 15) is 26.3 Å². The van der Waals surface area contributed by atoms with Crippen molar-refractivity contribution in [2.75, 3.05) is 0 Å². The average molecular weight is 241 g/mol. The molecule has 3 nitrogen and oxygen atoms in total. The third-order valence-corrected chi connectivity index (χ3v) is 1.38. The van der Waals surface area contributed by atoms with Gasteiger partial charge in [-0.3, -0.25) is 0 Å². The summed E-state index contributed by atoms with van der Waals surface area (Å²) in [5.41, 5.74) is -2.79. The summed E-state index contributed by atoms with van der Waals surface area (Å²) >= 11 is 0. The molecule has 0 aliphatic rings. The van der Waals surface area contributed by atoms with E-state index < -0.39 is 29.6 Å². The number of hydrogen-bond acceptors (Lipinski definition) is 3. The molecule has 0 N–H and O–H groups in total. The van der Waals surface area contributed by atoms with Crippen molar-refractivity contribution in [1.29, 1.82) is 5.26 Å². The van der Waals surface area contributed by atoms with Crippen LogP contribution in [0.2, 0.25) is 0 Å². The Morgan fingerprint density at radius 3 is 1.94 bits per heavy atom. The summed E-state index contributed by atoms with van der Waals surface area (Å²) in [5.74, 6) is -1.99. The molecule has 0 radical (unpaired) electrons. The SMILES string of the molecule is N#Cc1cc(C(F)(F)F)nc(C(F)(F)F)n1. The molecule has 0 amide bonds. The van der Waals surface area contributed by atoms with E-state index in [2.05, 4.69) is 9.97 Å². The summed E-state index contributed by atoms with van der Waals surface area (Å²) in [6.45, 7) is 0. The maximum Gasteiger partial charge on any atom is 0.451 e. The normalized spacial score (nSPS) is 12.3. The highest BCUT2D eigenvalue weighted by Crippen LogP contribution is 2.31. The van der Waals surface area contributed by atoms with Crippen LogP contribution in [-0.4, -0.2) is 9.97 Å². The second kappa shape index (κ2) is 3.62. The Bertz CT molecular complexity index is 409. The van der Waals surface area contributed by atoms with Gasteiger partial charge in [-0.05, 0) is 0 Å². The number of alkyl halides is 6. The molecule has 0 saturated carbocycles. The van der Waals surface area contributed by atoms with Crippen LogP contribution in [-0.2, 0) is 12.4 Å². The highest BCUT2D eigenvalue weighted by molar-refractivity contribution is 5.24. The molecule has 0 saturated heterocycles. The lowest BCUT2D eigenvalue weighted by molar-refractivity contribution is -0.152. The van der Waals surface area contributed by atoms with E-state index >= 15 is 0 Å². The van der Waals surface area contributed by atoms with Crippen molar-refractivity contribution >= 4 is 0 Å². The van der Waals surface area contributed by atoms with Crippen LogP contribution in [0.3, 0.4) is 0 Å². The lowest BCUT2D eigenvalue weighted by atomic mass is 10.3. The fraction of sp³-hybridized carbons (Fsp3) is 0.286. The summed E-state index contributed by atoms with van der Waals surface area (Å²) in [6.07, 6.45) is -10.2. The average Bonchev–Trinajstić information content (AvgIpc) is 2.14. The number of rotatable bonds is 0. The maximum absolute atomic E-state index is 12.1. The van der Waals surface area contributed by atoms with Crippen molar-refractivity contribution in [2.24, 2.45) is 0 Å². The van der Waals surface area contributed by atoms with E-state index in [4.69, 9.17) is 5.26 Å².